The monoisotopic (exact) mass is 521 g/mol. The lowest BCUT2D eigenvalue weighted by Gasteiger charge is -2.32. The quantitative estimate of drug-likeness (QED) is 0.559. The van der Waals surface area contributed by atoms with Crippen molar-refractivity contribution in [2.45, 2.75) is 71.2 Å². The molecule has 4 rings (SSSR count). The number of carbonyl (C=O) groups excluding carboxylic acids is 2. The van der Waals surface area contributed by atoms with Gasteiger partial charge in [-0.05, 0) is 51.1 Å². The molecule has 1 aromatic heterocycles. The number of likely N-dealkylation sites (tertiary alicyclic amines) is 1. The summed E-state index contributed by atoms with van der Waals surface area (Å²) < 4.78 is 17.0. The van der Waals surface area contributed by atoms with Crippen LogP contribution >= 0.6 is 0 Å². The van der Waals surface area contributed by atoms with Gasteiger partial charge in [0.1, 0.15) is 11.9 Å². The van der Waals surface area contributed by atoms with Gasteiger partial charge in [0.15, 0.2) is 0 Å². The predicted octanol–water partition coefficient (Wildman–Crippen LogP) is 3.17. The highest BCUT2D eigenvalue weighted by molar-refractivity contribution is 6.62. The number of nitriles is 1. The summed E-state index contributed by atoms with van der Waals surface area (Å²) in [7, 11) is 0.813. The highest BCUT2D eigenvalue weighted by atomic mass is 16.7. The van der Waals surface area contributed by atoms with Gasteiger partial charge in [0.05, 0.1) is 48.2 Å². The van der Waals surface area contributed by atoms with E-state index in [0.717, 1.165) is 16.7 Å². The van der Waals surface area contributed by atoms with Crippen molar-refractivity contribution in [1.82, 2.24) is 20.2 Å². The number of nitrogens with zero attached hydrogens (tertiary/aromatic N) is 3. The van der Waals surface area contributed by atoms with Crippen LogP contribution < -0.4 is 10.8 Å². The van der Waals surface area contributed by atoms with Gasteiger partial charge in [0.25, 0.3) is 0 Å². The predicted molar refractivity (Wildman–Crippen MR) is 142 cm³/mol. The van der Waals surface area contributed by atoms with Gasteiger partial charge < -0.3 is 29.2 Å². The van der Waals surface area contributed by atoms with Crippen molar-refractivity contribution in [3.63, 3.8) is 0 Å². The van der Waals surface area contributed by atoms with Gasteiger partial charge >= 0.3 is 13.2 Å². The van der Waals surface area contributed by atoms with Crippen LogP contribution in [0.15, 0.2) is 30.5 Å². The third-order valence-electron chi connectivity index (χ3n) is 7.82. The Morgan fingerprint density at radius 3 is 2.39 bits per heavy atom. The van der Waals surface area contributed by atoms with Crippen LogP contribution in [0, 0.1) is 23.2 Å². The number of methoxy groups -OCH3 is 1. The van der Waals surface area contributed by atoms with Gasteiger partial charge in [0.2, 0.25) is 5.91 Å². The molecule has 2 N–H and O–H groups in total. The number of ether oxygens (including phenoxy) is 1. The lowest BCUT2D eigenvalue weighted by molar-refractivity contribution is -0.135. The van der Waals surface area contributed by atoms with E-state index in [1.807, 2.05) is 65.8 Å². The molecule has 11 heteroatoms. The molecule has 3 heterocycles. The second-order valence-corrected chi connectivity index (χ2v) is 11.3. The maximum Gasteiger partial charge on any atom is 0.494 e. The Balaban J connectivity index is 1.53. The largest absolute Gasteiger partial charge is 0.494 e. The minimum atomic E-state index is -0.778. The third-order valence-corrected chi connectivity index (χ3v) is 7.82. The first-order valence-electron chi connectivity index (χ1n) is 12.9. The van der Waals surface area contributed by atoms with Crippen molar-refractivity contribution in [2.75, 3.05) is 13.7 Å². The lowest BCUT2D eigenvalue weighted by Crippen LogP contribution is -2.51. The number of aromatic amines is 1. The number of carbonyl (C=O) groups is 2. The van der Waals surface area contributed by atoms with Gasteiger partial charge in [-0.3, -0.25) is 4.79 Å². The van der Waals surface area contributed by atoms with E-state index in [1.54, 1.807) is 11.1 Å². The van der Waals surface area contributed by atoms with Crippen LogP contribution in [0.25, 0.3) is 11.3 Å². The summed E-state index contributed by atoms with van der Waals surface area (Å²) in [6, 6.07) is 8.99. The summed E-state index contributed by atoms with van der Waals surface area (Å²) in [6.45, 7) is 12.1. The van der Waals surface area contributed by atoms with Gasteiger partial charge in [-0.2, -0.15) is 5.26 Å². The van der Waals surface area contributed by atoms with Crippen molar-refractivity contribution < 1.29 is 23.6 Å². The third kappa shape index (κ3) is 5.29. The second kappa shape index (κ2) is 10.4. The molecule has 0 spiro atoms. The molecule has 2 aromatic rings. The van der Waals surface area contributed by atoms with Gasteiger partial charge in [-0.15, -0.1) is 0 Å². The Bertz CT molecular complexity index is 1200. The van der Waals surface area contributed by atoms with Crippen molar-refractivity contribution in [1.29, 1.82) is 5.26 Å². The fraction of sp³-hybridized carbons (Fsp3) is 0.556. The standard InChI is InChI=1S/C27H36BN5O5/c1-16(2)22(32-25(35)36-7)24(34)33-15-17(13-29)12-21(33)23-30-14-20(31-23)18-8-10-19(11-9-18)28-37-26(3,4)27(5,6)38-28/h8-11,14,16-17,21-22H,12,15H2,1-7H3,(H,30,31)(H,32,35)/t17-,21+,22?/m1/s1. The summed E-state index contributed by atoms with van der Waals surface area (Å²) in [5.74, 6) is -0.166. The Hall–Kier alpha value is -3.36. The fourth-order valence-electron chi connectivity index (χ4n) is 4.76. The minimum absolute atomic E-state index is 0.168. The zero-order valence-electron chi connectivity index (χ0n) is 23.1. The summed E-state index contributed by atoms with van der Waals surface area (Å²) >= 11 is 0. The molecule has 38 heavy (non-hydrogen) atoms. The van der Waals surface area contributed by atoms with E-state index in [1.165, 1.54) is 7.11 Å². The number of imidazole rings is 1. The molecular weight excluding hydrogens is 485 g/mol. The zero-order chi connectivity index (χ0) is 27.8. The number of hydrogen-bond donors (Lipinski definition) is 2. The maximum atomic E-state index is 13.5. The summed E-state index contributed by atoms with van der Waals surface area (Å²) in [4.78, 5) is 34.9. The number of alkyl carbamates (subject to hydrolysis) is 1. The summed E-state index contributed by atoms with van der Waals surface area (Å²) in [6.07, 6.45) is 1.52. The molecule has 1 unspecified atom stereocenters. The van der Waals surface area contributed by atoms with Crippen molar-refractivity contribution in [3.8, 4) is 17.3 Å². The van der Waals surface area contributed by atoms with Crippen LogP contribution in [0.5, 0.6) is 0 Å². The van der Waals surface area contributed by atoms with E-state index in [0.29, 0.717) is 12.2 Å². The van der Waals surface area contributed by atoms with E-state index >= 15 is 0 Å². The first kappa shape index (κ1) is 27.7. The van der Waals surface area contributed by atoms with Crippen molar-refractivity contribution in [3.05, 3.63) is 36.3 Å². The van der Waals surface area contributed by atoms with E-state index in [-0.39, 0.29) is 24.3 Å². The van der Waals surface area contributed by atoms with Crippen LogP contribution in [0.3, 0.4) is 0 Å². The van der Waals surface area contributed by atoms with E-state index in [4.69, 9.17) is 14.0 Å². The molecule has 2 saturated heterocycles. The normalized spacial score (nSPS) is 22.8. The molecule has 0 saturated carbocycles. The molecule has 2 fully saturated rings. The van der Waals surface area contributed by atoms with Gasteiger partial charge in [0, 0.05) is 6.54 Å². The number of H-pyrrole nitrogens is 1. The first-order chi connectivity index (χ1) is 17.9. The van der Waals surface area contributed by atoms with Crippen LogP contribution in [0.2, 0.25) is 0 Å². The molecule has 2 amide bonds. The molecular formula is C27H36BN5O5. The van der Waals surface area contributed by atoms with Crippen LogP contribution in [-0.4, -0.2) is 64.9 Å². The average molecular weight is 521 g/mol. The number of hydrogen-bond acceptors (Lipinski definition) is 7. The number of nitrogens with one attached hydrogen (secondary N) is 2. The number of amides is 2. The van der Waals surface area contributed by atoms with Crippen molar-refractivity contribution in [2.24, 2.45) is 11.8 Å². The molecule has 1 aromatic carbocycles. The van der Waals surface area contributed by atoms with Crippen LogP contribution in [-0.2, 0) is 18.8 Å². The lowest BCUT2D eigenvalue weighted by atomic mass is 9.79. The Morgan fingerprint density at radius 2 is 1.84 bits per heavy atom. The summed E-state index contributed by atoms with van der Waals surface area (Å²) in [5, 5.41) is 12.2. The van der Waals surface area contributed by atoms with Gasteiger partial charge in [-0.25, -0.2) is 9.78 Å². The summed E-state index contributed by atoms with van der Waals surface area (Å²) in [5.41, 5.74) is 1.81. The number of rotatable bonds is 6. The number of aromatic nitrogens is 2. The number of benzene rings is 1. The molecule has 0 aliphatic carbocycles. The van der Waals surface area contributed by atoms with Crippen molar-refractivity contribution >= 4 is 24.6 Å². The van der Waals surface area contributed by atoms with Crippen LogP contribution in [0.4, 0.5) is 4.79 Å². The molecule has 202 valence electrons. The Labute approximate surface area is 224 Å². The highest BCUT2D eigenvalue weighted by Crippen LogP contribution is 2.37. The van der Waals surface area contributed by atoms with E-state index < -0.39 is 36.5 Å². The molecule has 3 atom stereocenters. The molecule has 0 bridgehead atoms. The first-order valence-corrected chi connectivity index (χ1v) is 12.9. The Morgan fingerprint density at radius 1 is 1.21 bits per heavy atom. The van der Waals surface area contributed by atoms with Crippen LogP contribution in [0.1, 0.15) is 59.8 Å². The Kier molecular flexibility index (Phi) is 7.59. The van der Waals surface area contributed by atoms with Gasteiger partial charge in [-0.1, -0.05) is 38.1 Å². The maximum absolute atomic E-state index is 13.5. The second-order valence-electron chi connectivity index (χ2n) is 11.3. The highest BCUT2D eigenvalue weighted by Gasteiger charge is 2.51. The van der Waals surface area contributed by atoms with E-state index in [2.05, 4.69) is 21.4 Å². The minimum Gasteiger partial charge on any atom is -0.453 e. The van der Waals surface area contributed by atoms with E-state index in [9.17, 15) is 14.9 Å². The topological polar surface area (TPSA) is 130 Å². The zero-order valence-corrected chi connectivity index (χ0v) is 23.1. The fourth-order valence-corrected chi connectivity index (χ4v) is 4.76. The SMILES string of the molecule is COC(=O)NC(C(=O)N1C[C@@H](C#N)C[C@H]1c1ncc(-c2ccc(B3OC(C)(C)C(C)(C)O3)cc2)[nH]1)C(C)C. The molecule has 2 aliphatic rings. The average Bonchev–Trinajstić information content (AvgIpc) is 3.57. The molecule has 10 nitrogen and oxygen atoms in total. The smallest absolute Gasteiger partial charge is 0.453 e. The molecule has 0 radical (unpaired) electrons. The molecule has 2 aliphatic heterocycles.